The molecule has 1 aromatic heterocycles. The van der Waals surface area contributed by atoms with E-state index in [1.54, 1.807) is 12.1 Å². The van der Waals surface area contributed by atoms with Crippen LogP contribution in [0.5, 0.6) is 0 Å². The SMILES string of the molecule is N#Cc1ccc(CCC(O)/C=C/C2C(O)CC(O)C2C/C=C/CCCC(N)=O)s1. The summed E-state index contributed by atoms with van der Waals surface area (Å²) in [6, 6.07) is 5.80. The molecule has 1 fully saturated rings. The highest BCUT2D eigenvalue weighted by Crippen LogP contribution is 2.36. The van der Waals surface area contributed by atoms with Crippen molar-refractivity contribution in [1.29, 1.82) is 5.26 Å². The third-order valence-electron chi connectivity index (χ3n) is 5.30. The van der Waals surface area contributed by atoms with Gasteiger partial charge in [-0.3, -0.25) is 4.79 Å². The summed E-state index contributed by atoms with van der Waals surface area (Å²) >= 11 is 1.43. The van der Waals surface area contributed by atoms with Crippen molar-refractivity contribution in [2.75, 3.05) is 0 Å². The summed E-state index contributed by atoms with van der Waals surface area (Å²) in [5.41, 5.74) is 5.11. The summed E-state index contributed by atoms with van der Waals surface area (Å²) in [6.07, 6.45) is 9.65. The number of carbonyl (C=O) groups is 1. The van der Waals surface area contributed by atoms with E-state index in [1.165, 1.54) is 11.3 Å². The second-order valence-corrected chi connectivity index (χ2v) is 8.71. The average Bonchev–Trinajstić information content (AvgIpc) is 3.25. The molecule has 29 heavy (non-hydrogen) atoms. The number of allylic oxidation sites excluding steroid dienone is 2. The second-order valence-electron chi connectivity index (χ2n) is 7.55. The van der Waals surface area contributed by atoms with Gasteiger partial charge < -0.3 is 21.1 Å². The van der Waals surface area contributed by atoms with E-state index in [0.29, 0.717) is 43.4 Å². The van der Waals surface area contributed by atoms with E-state index in [9.17, 15) is 20.1 Å². The molecule has 1 aliphatic rings. The lowest BCUT2D eigenvalue weighted by molar-refractivity contribution is -0.118. The van der Waals surface area contributed by atoms with E-state index in [1.807, 2.05) is 24.3 Å². The topological polar surface area (TPSA) is 128 Å². The first kappa shape index (κ1) is 23.3. The summed E-state index contributed by atoms with van der Waals surface area (Å²) in [7, 11) is 0. The van der Waals surface area contributed by atoms with Crippen molar-refractivity contribution in [1.82, 2.24) is 0 Å². The molecule has 1 saturated carbocycles. The summed E-state index contributed by atoms with van der Waals surface area (Å²) in [4.78, 5) is 12.5. The van der Waals surface area contributed by atoms with E-state index in [-0.39, 0.29) is 17.7 Å². The Hall–Kier alpha value is -1.98. The van der Waals surface area contributed by atoms with Gasteiger partial charge in [0, 0.05) is 23.6 Å². The first-order chi connectivity index (χ1) is 13.9. The molecule has 5 N–H and O–H groups in total. The number of hydrogen-bond donors (Lipinski definition) is 4. The summed E-state index contributed by atoms with van der Waals surface area (Å²) in [6.45, 7) is 0. The van der Waals surface area contributed by atoms with Gasteiger partial charge in [-0.05, 0) is 50.2 Å². The number of hydrogen-bond acceptors (Lipinski definition) is 6. The Bertz CT molecular complexity index is 752. The van der Waals surface area contributed by atoms with E-state index in [2.05, 4.69) is 6.07 Å². The maximum Gasteiger partial charge on any atom is 0.217 e. The molecule has 0 spiro atoms. The molecule has 0 aromatic carbocycles. The van der Waals surface area contributed by atoms with E-state index in [4.69, 9.17) is 11.0 Å². The molecule has 7 heteroatoms. The lowest BCUT2D eigenvalue weighted by Crippen LogP contribution is -2.20. The quantitative estimate of drug-likeness (QED) is 0.324. The molecule has 158 valence electrons. The largest absolute Gasteiger partial charge is 0.393 e. The van der Waals surface area contributed by atoms with Gasteiger partial charge in [0.05, 0.1) is 18.3 Å². The summed E-state index contributed by atoms with van der Waals surface area (Å²) in [5.74, 6) is -0.612. The zero-order chi connectivity index (χ0) is 21.2. The molecule has 2 rings (SSSR count). The number of rotatable bonds is 11. The van der Waals surface area contributed by atoms with E-state index < -0.39 is 18.3 Å². The fourth-order valence-electron chi connectivity index (χ4n) is 3.69. The maximum absolute atomic E-state index is 10.7. The molecular weight excluding hydrogens is 388 g/mol. The third-order valence-corrected chi connectivity index (χ3v) is 6.35. The lowest BCUT2D eigenvalue weighted by atomic mass is 9.89. The Kier molecular flexibility index (Phi) is 9.55. The van der Waals surface area contributed by atoms with Gasteiger partial charge in [0.25, 0.3) is 0 Å². The predicted molar refractivity (Wildman–Crippen MR) is 113 cm³/mol. The van der Waals surface area contributed by atoms with Crippen molar-refractivity contribution in [3.8, 4) is 6.07 Å². The van der Waals surface area contributed by atoms with E-state index in [0.717, 1.165) is 11.3 Å². The van der Waals surface area contributed by atoms with E-state index >= 15 is 0 Å². The molecule has 0 bridgehead atoms. The van der Waals surface area contributed by atoms with Gasteiger partial charge in [-0.1, -0.05) is 24.3 Å². The molecule has 0 aliphatic heterocycles. The number of thiophene rings is 1. The second kappa shape index (κ2) is 11.9. The van der Waals surface area contributed by atoms with Crippen LogP contribution in [0.1, 0.15) is 48.3 Å². The van der Waals surface area contributed by atoms with Crippen molar-refractivity contribution >= 4 is 17.2 Å². The minimum absolute atomic E-state index is 0.101. The van der Waals surface area contributed by atoms with Gasteiger partial charge in [-0.2, -0.15) is 5.26 Å². The Morgan fingerprint density at radius 1 is 1.34 bits per heavy atom. The number of amides is 1. The van der Waals surface area contributed by atoms with Gasteiger partial charge >= 0.3 is 0 Å². The monoisotopic (exact) mass is 418 g/mol. The first-order valence-corrected chi connectivity index (χ1v) is 10.9. The van der Waals surface area contributed by atoms with Gasteiger partial charge in [-0.15, -0.1) is 11.3 Å². The number of aryl methyl sites for hydroxylation is 1. The Morgan fingerprint density at radius 3 is 2.83 bits per heavy atom. The van der Waals surface area contributed by atoms with Crippen LogP contribution < -0.4 is 5.73 Å². The number of unbranched alkanes of at least 4 members (excludes halogenated alkanes) is 1. The van der Waals surface area contributed by atoms with Crippen LogP contribution in [0.3, 0.4) is 0 Å². The van der Waals surface area contributed by atoms with Gasteiger partial charge in [0.1, 0.15) is 10.9 Å². The zero-order valence-electron chi connectivity index (χ0n) is 16.5. The van der Waals surface area contributed by atoms with Crippen molar-refractivity contribution < 1.29 is 20.1 Å². The summed E-state index contributed by atoms with van der Waals surface area (Å²) < 4.78 is 0. The number of aliphatic hydroxyl groups excluding tert-OH is 3. The lowest BCUT2D eigenvalue weighted by Gasteiger charge is -2.19. The maximum atomic E-state index is 10.7. The number of nitrogens with zero attached hydrogens (tertiary/aromatic N) is 1. The number of nitriles is 1. The summed E-state index contributed by atoms with van der Waals surface area (Å²) in [5, 5.41) is 39.7. The van der Waals surface area contributed by atoms with Crippen LogP contribution in [0.15, 0.2) is 36.4 Å². The van der Waals surface area contributed by atoms with Crippen LogP contribution in [0, 0.1) is 23.2 Å². The van der Waals surface area contributed by atoms with Crippen molar-refractivity contribution in [2.24, 2.45) is 17.6 Å². The number of primary amides is 1. The van der Waals surface area contributed by atoms with Crippen molar-refractivity contribution in [2.45, 2.75) is 63.3 Å². The van der Waals surface area contributed by atoms with Crippen LogP contribution in [0.2, 0.25) is 0 Å². The third kappa shape index (κ3) is 7.75. The number of nitrogens with two attached hydrogens (primary N) is 1. The molecule has 1 aliphatic carbocycles. The Morgan fingerprint density at radius 2 is 2.14 bits per heavy atom. The predicted octanol–water partition coefficient (Wildman–Crippen LogP) is 2.43. The minimum atomic E-state index is -0.641. The van der Waals surface area contributed by atoms with Crippen LogP contribution in [0.25, 0.3) is 0 Å². The van der Waals surface area contributed by atoms with Crippen LogP contribution in [-0.4, -0.2) is 39.5 Å². The van der Waals surface area contributed by atoms with Crippen LogP contribution in [0.4, 0.5) is 0 Å². The fourth-order valence-corrected chi connectivity index (χ4v) is 4.51. The average molecular weight is 419 g/mol. The highest BCUT2D eigenvalue weighted by atomic mass is 32.1. The van der Waals surface area contributed by atoms with Crippen LogP contribution in [-0.2, 0) is 11.2 Å². The molecular formula is C22H30N2O4S. The van der Waals surface area contributed by atoms with Crippen LogP contribution >= 0.6 is 11.3 Å². The molecule has 6 nitrogen and oxygen atoms in total. The normalized spacial score (nSPS) is 25.6. The molecule has 1 amide bonds. The van der Waals surface area contributed by atoms with Crippen molar-refractivity contribution in [3.63, 3.8) is 0 Å². The highest BCUT2D eigenvalue weighted by Gasteiger charge is 2.39. The highest BCUT2D eigenvalue weighted by molar-refractivity contribution is 7.12. The number of carbonyl (C=O) groups excluding carboxylic acids is 1. The van der Waals surface area contributed by atoms with Gasteiger partial charge in [-0.25, -0.2) is 0 Å². The van der Waals surface area contributed by atoms with Gasteiger partial charge in [0.2, 0.25) is 5.91 Å². The van der Waals surface area contributed by atoms with Gasteiger partial charge in [0.15, 0.2) is 0 Å². The molecule has 5 atom stereocenters. The Balaban J connectivity index is 1.82. The van der Waals surface area contributed by atoms with Crippen molar-refractivity contribution in [3.05, 3.63) is 46.2 Å². The smallest absolute Gasteiger partial charge is 0.217 e. The molecule has 0 saturated heterocycles. The fraction of sp³-hybridized carbons (Fsp3) is 0.545. The first-order valence-electron chi connectivity index (χ1n) is 10.0. The minimum Gasteiger partial charge on any atom is -0.393 e. The Labute approximate surface area is 176 Å². The molecule has 1 heterocycles. The number of aliphatic hydroxyl groups is 3. The zero-order valence-corrected chi connectivity index (χ0v) is 17.3. The molecule has 0 radical (unpaired) electrons. The molecule has 5 unspecified atom stereocenters. The molecule has 1 aromatic rings. The standard InChI is InChI=1S/C22H30N2O4S/c23-14-17-11-10-16(29-17)9-7-15(25)8-12-19-18(20(26)13-21(19)27)5-3-1-2-4-6-22(24)28/h1,3,8,10-12,15,18-21,25-27H,2,4-7,9,13H2,(H2,24,28)/b3-1+,12-8+.